The molecule has 1 fully saturated rings. The molecule has 14 heavy (non-hydrogen) atoms. The highest BCUT2D eigenvalue weighted by Gasteiger charge is 2.33. The lowest BCUT2D eigenvalue weighted by Gasteiger charge is -2.30. The number of halogens is 4. The summed E-state index contributed by atoms with van der Waals surface area (Å²) in [5.74, 6) is 0. The number of hydrogen-bond acceptors (Lipinski definition) is 1. The van der Waals surface area contributed by atoms with Crippen LogP contribution < -0.4 is 5.32 Å². The molecular formula is C9H15F4N. The fourth-order valence-electron chi connectivity index (χ4n) is 1.73. The Balaban J connectivity index is 2.22. The topological polar surface area (TPSA) is 12.0 Å². The molecule has 5 heteroatoms. The SMILES string of the molecule is FC(F)(F)CCCC1(F)CCNCC1. The van der Waals surface area contributed by atoms with Crippen molar-refractivity contribution in [2.45, 2.75) is 43.9 Å². The van der Waals surface area contributed by atoms with Crippen molar-refractivity contribution in [3.05, 3.63) is 0 Å². The first-order valence-electron chi connectivity index (χ1n) is 4.88. The Morgan fingerprint density at radius 3 is 2.21 bits per heavy atom. The van der Waals surface area contributed by atoms with E-state index in [0.29, 0.717) is 25.9 Å². The number of alkyl halides is 4. The van der Waals surface area contributed by atoms with Crippen molar-refractivity contribution in [3.63, 3.8) is 0 Å². The first kappa shape index (κ1) is 11.8. The number of rotatable bonds is 3. The molecule has 1 heterocycles. The van der Waals surface area contributed by atoms with Gasteiger partial charge in [-0.1, -0.05) is 0 Å². The zero-order chi connectivity index (χ0) is 10.7. The second-order valence-corrected chi connectivity index (χ2v) is 3.87. The highest BCUT2D eigenvalue weighted by atomic mass is 19.4. The maximum Gasteiger partial charge on any atom is 0.389 e. The van der Waals surface area contributed by atoms with Crippen molar-refractivity contribution in [1.82, 2.24) is 5.32 Å². The molecule has 0 saturated carbocycles. The minimum Gasteiger partial charge on any atom is -0.316 e. The largest absolute Gasteiger partial charge is 0.389 e. The van der Waals surface area contributed by atoms with Gasteiger partial charge in [0.1, 0.15) is 5.67 Å². The van der Waals surface area contributed by atoms with Crippen LogP contribution in [0.2, 0.25) is 0 Å². The molecule has 0 aliphatic carbocycles. The van der Waals surface area contributed by atoms with E-state index < -0.39 is 18.3 Å². The smallest absolute Gasteiger partial charge is 0.316 e. The van der Waals surface area contributed by atoms with Crippen LogP contribution in [-0.4, -0.2) is 24.9 Å². The average Bonchev–Trinajstić information content (AvgIpc) is 2.02. The molecule has 84 valence electrons. The van der Waals surface area contributed by atoms with E-state index in [1.807, 2.05) is 0 Å². The zero-order valence-electron chi connectivity index (χ0n) is 7.96. The summed E-state index contributed by atoms with van der Waals surface area (Å²) in [6.07, 6.45) is -4.40. The van der Waals surface area contributed by atoms with Gasteiger partial charge in [0, 0.05) is 6.42 Å². The lowest BCUT2D eigenvalue weighted by Crippen LogP contribution is -2.38. The Kier molecular flexibility index (Phi) is 3.75. The van der Waals surface area contributed by atoms with Crippen LogP contribution in [0, 0.1) is 0 Å². The molecule has 0 unspecified atom stereocenters. The zero-order valence-corrected chi connectivity index (χ0v) is 7.96. The van der Waals surface area contributed by atoms with E-state index in [2.05, 4.69) is 5.32 Å². The first-order chi connectivity index (χ1) is 6.41. The predicted octanol–water partition coefficient (Wildman–Crippen LogP) is 2.81. The van der Waals surface area contributed by atoms with Gasteiger partial charge in [-0.05, 0) is 38.8 Å². The Morgan fingerprint density at radius 1 is 1.14 bits per heavy atom. The third-order valence-corrected chi connectivity index (χ3v) is 2.58. The van der Waals surface area contributed by atoms with Crippen molar-refractivity contribution in [2.24, 2.45) is 0 Å². The molecule has 0 spiro atoms. The van der Waals surface area contributed by atoms with E-state index in [-0.39, 0.29) is 12.8 Å². The van der Waals surface area contributed by atoms with Crippen LogP contribution in [-0.2, 0) is 0 Å². The van der Waals surface area contributed by atoms with Crippen LogP contribution in [0.15, 0.2) is 0 Å². The molecule has 0 aromatic heterocycles. The van der Waals surface area contributed by atoms with Crippen LogP contribution in [0.1, 0.15) is 32.1 Å². The molecule has 0 amide bonds. The molecule has 1 N–H and O–H groups in total. The van der Waals surface area contributed by atoms with Crippen molar-refractivity contribution in [2.75, 3.05) is 13.1 Å². The van der Waals surface area contributed by atoms with Gasteiger partial charge in [-0.15, -0.1) is 0 Å². The second kappa shape index (κ2) is 4.47. The van der Waals surface area contributed by atoms with Gasteiger partial charge in [0.15, 0.2) is 0 Å². The molecular weight excluding hydrogens is 198 g/mol. The van der Waals surface area contributed by atoms with E-state index in [0.717, 1.165) is 0 Å². The number of nitrogens with one attached hydrogen (secondary N) is 1. The minimum absolute atomic E-state index is 0.0359. The first-order valence-corrected chi connectivity index (χ1v) is 4.88. The van der Waals surface area contributed by atoms with Gasteiger partial charge >= 0.3 is 6.18 Å². The van der Waals surface area contributed by atoms with Crippen molar-refractivity contribution in [3.8, 4) is 0 Å². The van der Waals surface area contributed by atoms with Crippen LogP contribution in [0.4, 0.5) is 17.6 Å². The van der Waals surface area contributed by atoms with E-state index in [1.54, 1.807) is 0 Å². The highest BCUT2D eigenvalue weighted by Crippen LogP contribution is 2.31. The molecule has 1 aliphatic heterocycles. The summed E-state index contributed by atoms with van der Waals surface area (Å²) in [5, 5.41) is 2.98. The molecule has 1 saturated heterocycles. The van der Waals surface area contributed by atoms with Gasteiger partial charge in [0.2, 0.25) is 0 Å². The quantitative estimate of drug-likeness (QED) is 0.711. The molecule has 0 aromatic carbocycles. The van der Waals surface area contributed by atoms with Crippen LogP contribution in [0.5, 0.6) is 0 Å². The summed E-state index contributed by atoms with van der Waals surface area (Å²) in [6.45, 7) is 1.14. The Bertz CT molecular complexity index is 172. The van der Waals surface area contributed by atoms with Gasteiger partial charge in [0.05, 0.1) is 0 Å². The van der Waals surface area contributed by atoms with Crippen molar-refractivity contribution >= 4 is 0 Å². The summed E-state index contributed by atoms with van der Waals surface area (Å²) in [4.78, 5) is 0. The van der Waals surface area contributed by atoms with Crippen LogP contribution in [0.25, 0.3) is 0 Å². The van der Waals surface area contributed by atoms with Gasteiger partial charge in [-0.3, -0.25) is 0 Å². The molecule has 0 bridgehead atoms. The van der Waals surface area contributed by atoms with Gasteiger partial charge in [-0.25, -0.2) is 4.39 Å². The van der Waals surface area contributed by atoms with E-state index in [4.69, 9.17) is 0 Å². The summed E-state index contributed by atoms with van der Waals surface area (Å²) in [6, 6.07) is 0. The standard InChI is InChI=1S/C9H15F4N/c10-8(4-6-14-7-5-8)2-1-3-9(11,12)13/h14H,1-7H2. The molecule has 1 rings (SSSR count). The number of piperidine rings is 1. The molecule has 0 aromatic rings. The van der Waals surface area contributed by atoms with Crippen LogP contribution >= 0.6 is 0 Å². The molecule has 1 aliphatic rings. The average molecular weight is 213 g/mol. The van der Waals surface area contributed by atoms with Crippen LogP contribution in [0.3, 0.4) is 0 Å². The predicted molar refractivity (Wildman–Crippen MR) is 45.8 cm³/mol. The van der Waals surface area contributed by atoms with E-state index >= 15 is 0 Å². The fourth-order valence-corrected chi connectivity index (χ4v) is 1.73. The van der Waals surface area contributed by atoms with Crippen molar-refractivity contribution < 1.29 is 17.6 Å². The summed E-state index contributed by atoms with van der Waals surface area (Å²) in [5.41, 5.74) is -1.36. The molecule has 0 radical (unpaired) electrons. The monoisotopic (exact) mass is 213 g/mol. The van der Waals surface area contributed by atoms with Gasteiger partial charge in [-0.2, -0.15) is 13.2 Å². The minimum atomic E-state index is -4.15. The fraction of sp³-hybridized carbons (Fsp3) is 1.00. The maximum atomic E-state index is 13.7. The lowest BCUT2D eigenvalue weighted by molar-refractivity contribution is -0.137. The van der Waals surface area contributed by atoms with E-state index in [1.165, 1.54) is 0 Å². The summed E-state index contributed by atoms with van der Waals surface area (Å²) in [7, 11) is 0. The third kappa shape index (κ3) is 4.26. The van der Waals surface area contributed by atoms with Gasteiger partial charge in [0.25, 0.3) is 0 Å². The van der Waals surface area contributed by atoms with E-state index in [9.17, 15) is 17.6 Å². The van der Waals surface area contributed by atoms with Gasteiger partial charge < -0.3 is 5.32 Å². The Morgan fingerprint density at radius 2 is 1.71 bits per heavy atom. The normalized spacial score (nSPS) is 22.3. The van der Waals surface area contributed by atoms with Crippen molar-refractivity contribution in [1.29, 1.82) is 0 Å². The Labute approximate surface area is 80.9 Å². The Hall–Kier alpha value is -0.320. The molecule has 0 atom stereocenters. The highest BCUT2D eigenvalue weighted by molar-refractivity contribution is 4.84. The molecule has 1 nitrogen and oxygen atoms in total. The maximum absolute atomic E-state index is 13.7. The lowest BCUT2D eigenvalue weighted by atomic mass is 9.89. The second-order valence-electron chi connectivity index (χ2n) is 3.87. The summed E-state index contributed by atoms with van der Waals surface area (Å²) >= 11 is 0. The number of hydrogen-bond donors (Lipinski definition) is 1. The summed E-state index contributed by atoms with van der Waals surface area (Å²) < 4.78 is 49.1. The third-order valence-electron chi connectivity index (χ3n) is 2.58.